The van der Waals surface area contributed by atoms with Crippen LogP contribution in [0.2, 0.25) is 0 Å². The van der Waals surface area contributed by atoms with E-state index in [2.05, 4.69) is 211 Å². The molecule has 0 atom stereocenters. The minimum absolute atomic E-state index is 0.0841. The third-order valence-electron chi connectivity index (χ3n) is 12.1. The van der Waals surface area contributed by atoms with Gasteiger partial charge < -0.3 is 0 Å². The van der Waals surface area contributed by atoms with E-state index < -0.39 is 8.07 Å². The zero-order valence-electron chi connectivity index (χ0n) is 30.9. The molecule has 4 heteroatoms. The van der Waals surface area contributed by atoms with Crippen LogP contribution in [0.4, 0.5) is 0 Å². The molecule has 266 valence electrons. The average molecular weight is 806 g/mol. The second-order valence-electron chi connectivity index (χ2n) is 15.0. The fourth-order valence-electron chi connectivity index (χ4n) is 9.79. The third-order valence-corrected chi connectivity index (χ3v) is 19.4. The number of benzene rings is 8. The summed E-state index contributed by atoms with van der Waals surface area (Å²) in [5.74, 6) is 0. The van der Waals surface area contributed by atoms with Gasteiger partial charge in [-0.05, 0) is 0 Å². The first-order valence-electron chi connectivity index (χ1n) is 19.5. The number of fused-ring (bicyclic) bond motifs is 9. The van der Waals surface area contributed by atoms with Gasteiger partial charge in [-0.15, -0.1) is 0 Å². The number of aromatic nitrogens is 2. The van der Waals surface area contributed by atoms with Crippen molar-refractivity contribution in [3.8, 4) is 22.4 Å². The zero-order valence-corrected chi connectivity index (χ0v) is 33.6. The molecule has 0 saturated heterocycles. The number of nitrogens with zero attached hydrogens (tertiary/aromatic N) is 2. The summed E-state index contributed by atoms with van der Waals surface area (Å²) in [5.41, 5.74) is 8.48. The van der Waals surface area contributed by atoms with Crippen molar-refractivity contribution in [1.29, 1.82) is 0 Å². The van der Waals surface area contributed by atoms with E-state index in [1.165, 1.54) is 94.8 Å². The normalized spacial score (nSPS) is 12.2. The third kappa shape index (κ3) is 4.67. The van der Waals surface area contributed by atoms with E-state index in [1.54, 1.807) is 0 Å². The van der Waals surface area contributed by atoms with Crippen LogP contribution in [0.3, 0.4) is 0 Å². The van der Waals surface area contributed by atoms with E-state index >= 15 is 0 Å². The second kappa shape index (κ2) is 12.7. The number of hydrogen-bond donors (Lipinski definition) is 0. The molecule has 0 radical (unpaired) electrons. The summed E-state index contributed by atoms with van der Waals surface area (Å²) >= 11 is 0.0841. The van der Waals surface area contributed by atoms with Gasteiger partial charge in [0, 0.05) is 0 Å². The Labute approximate surface area is 337 Å². The Morgan fingerprint density at radius 1 is 0.421 bits per heavy atom. The van der Waals surface area contributed by atoms with Crippen molar-refractivity contribution in [3.05, 3.63) is 206 Å². The molecule has 0 bridgehead atoms. The zero-order chi connectivity index (χ0) is 37.5. The van der Waals surface area contributed by atoms with E-state index in [0.717, 1.165) is 5.69 Å². The quantitative estimate of drug-likeness (QED) is 0.121. The summed E-state index contributed by atoms with van der Waals surface area (Å²) in [6.07, 6.45) is 2.17. The Bertz CT molecular complexity index is 3360. The van der Waals surface area contributed by atoms with Crippen molar-refractivity contribution in [2.24, 2.45) is 0 Å². The topological polar surface area (TPSA) is 17.3 Å². The van der Waals surface area contributed by atoms with Crippen LogP contribution in [0.15, 0.2) is 206 Å². The summed E-state index contributed by atoms with van der Waals surface area (Å²) in [5, 5.41) is 13.3. The Kier molecular flexibility index (Phi) is 7.30. The van der Waals surface area contributed by atoms with Gasteiger partial charge in [0.15, 0.2) is 0 Å². The first-order valence-corrected chi connectivity index (χ1v) is 23.3. The molecule has 0 aliphatic carbocycles. The van der Waals surface area contributed by atoms with Crippen molar-refractivity contribution < 1.29 is 0 Å². The van der Waals surface area contributed by atoms with E-state index in [0.29, 0.717) is 0 Å². The molecular formula is C53H34N2SeSi. The summed E-state index contributed by atoms with van der Waals surface area (Å²) in [7, 11) is -2.73. The Morgan fingerprint density at radius 3 is 1.65 bits per heavy atom. The molecule has 8 aromatic carbocycles. The van der Waals surface area contributed by atoms with Crippen LogP contribution in [0, 0.1) is 0 Å². The van der Waals surface area contributed by atoms with Gasteiger partial charge in [0.25, 0.3) is 0 Å². The molecule has 0 spiro atoms. The number of para-hydroxylation sites is 3. The molecule has 4 aromatic heterocycles. The molecule has 0 unspecified atom stereocenters. The molecule has 0 amide bonds. The molecule has 0 saturated carbocycles. The van der Waals surface area contributed by atoms with Gasteiger partial charge in [-0.25, -0.2) is 0 Å². The molecule has 0 aliphatic heterocycles. The Balaban J connectivity index is 1.14. The number of rotatable bonds is 6. The number of pyridine rings is 1. The SMILES string of the molecule is c1ccc([Si](c2ccccc2)(c2ccccc2)c2cccc(-c3cnc(-c4cccc5c6cccc7c8ccccc8n(c45)c76)c4[se]c5ccccc5c34)c2)cc1. The van der Waals surface area contributed by atoms with E-state index in [1.807, 2.05) is 0 Å². The van der Waals surface area contributed by atoms with Crippen molar-refractivity contribution in [2.75, 3.05) is 0 Å². The fourth-order valence-corrected chi connectivity index (χ4v) is 17.2. The van der Waals surface area contributed by atoms with Crippen molar-refractivity contribution in [2.45, 2.75) is 0 Å². The van der Waals surface area contributed by atoms with Crippen LogP contribution < -0.4 is 20.7 Å². The van der Waals surface area contributed by atoms with Crippen molar-refractivity contribution in [3.63, 3.8) is 0 Å². The molecule has 4 heterocycles. The first-order chi connectivity index (χ1) is 28.3. The fraction of sp³-hybridized carbons (Fsp3) is 0. The predicted octanol–water partition coefficient (Wildman–Crippen LogP) is 10.3. The minimum atomic E-state index is -2.73. The molecule has 0 N–H and O–H groups in total. The van der Waals surface area contributed by atoms with Crippen LogP contribution in [0.1, 0.15) is 0 Å². The molecule has 2 nitrogen and oxygen atoms in total. The van der Waals surface area contributed by atoms with Crippen LogP contribution in [-0.4, -0.2) is 32.0 Å². The second-order valence-corrected chi connectivity index (χ2v) is 21.0. The molecule has 0 fully saturated rings. The van der Waals surface area contributed by atoms with E-state index in [-0.39, 0.29) is 14.5 Å². The Hall–Kier alpha value is -6.55. The molecule has 57 heavy (non-hydrogen) atoms. The molecule has 12 rings (SSSR count). The summed E-state index contributed by atoms with van der Waals surface area (Å²) < 4.78 is 5.28. The summed E-state index contributed by atoms with van der Waals surface area (Å²) in [4.78, 5) is 5.53. The van der Waals surface area contributed by atoms with E-state index in [4.69, 9.17) is 4.98 Å². The van der Waals surface area contributed by atoms with Gasteiger partial charge in [0.2, 0.25) is 0 Å². The maximum absolute atomic E-state index is 5.53. The summed E-state index contributed by atoms with van der Waals surface area (Å²) in [6, 6.07) is 74.5. The predicted molar refractivity (Wildman–Crippen MR) is 245 cm³/mol. The van der Waals surface area contributed by atoms with Gasteiger partial charge in [0.05, 0.1) is 0 Å². The van der Waals surface area contributed by atoms with Gasteiger partial charge in [0.1, 0.15) is 0 Å². The van der Waals surface area contributed by atoms with Gasteiger partial charge in [-0.2, -0.15) is 0 Å². The summed E-state index contributed by atoms with van der Waals surface area (Å²) in [6.45, 7) is 0. The molecule has 0 aliphatic rings. The molecular weight excluding hydrogens is 772 g/mol. The average Bonchev–Trinajstić information content (AvgIpc) is 3.96. The van der Waals surface area contributed by atoms with Crippen LogP contribution in [-0.2, 0) is 0 Å². The number of hydrogen-bond acceptors (Lipinski definition) is 1. The standard InChI is InChI=1S/C53H34N2SeSi/c1-4-18-36(19-5-1)57(37-20-6-2-7-21-37,38-22-8-3-9-23-38)39-24-14-17-35(33-39)46-34-54-50(53-49(46)44-26-11-13-32-48(44)56-53)45-30-16-29-43-42-28-15-27-41-40-25-10-12-31-47(40)55(51(41)42)52(43)45/h1-34H. The monoisotopic (exact) mass is 806 g/mol. The van der Waals surface area contributed by atoms with Gasteiger partial charge in [-0.1, -0.05) is 0 Å². The maximum atomic E-state index is 5.53. The van der Waals surface area contributed by atoms with Crippen molar-refractivity contribution in [1.82, 2.24) is 9.38 Å². The van der Waals surface area contributed by atoms with Crippen LogP contribution in [0.5, 0.6) is 0 Å². The molecule has 12 aromatic rings. The first kappa shape index (κ1) is 32.7. The van der Waals surface area contributed by atoms with Gasteiger partial charge >= 0.3 is 339 Å². The van der Waals surface area contributed by atoms with Crippen molar-refractivity contribution >= 4 is 101 Å². The van der Waals surface area contributed by atoms with Gasteiger partial charge in [-0.3, -0.25) is 0 Å². The van der Waals surface area contributed by atoms with Crippen LogP contribution >= 0.6 is 0 Å². The van der Waals surface area contributed by atoms with E-state index in [9.17, 15) is 0 Å². The van der Waals surface area contributed by atoms with Crippen LogP contribution in [0.25, 0.3) is 79.8 Å². The Morgan fingerprint density at radius 2 is 0.947 bits per heavy atom.